The zero-order chi connectivity index (χ0) is 43.6. The summed E-state index contributed by atoms with van der Waals surface area (Å²) in [6, 6.07) is 40.5. The molecule has 9 rings (SSSR count). The summed E-state index contributed by atoms with van der Waals surface area (Å²) in [6.07, 6.45) is 1.95. The number of hydrogen-bond donors (Lipinski definition) is 5. The fraction of sp³-hybridized carbons (Fsp3) is 0.314. The number of pyridine rings is 1. The number of nitrogens with one attached hydrogen (secondary N) is 3. The van der Waals surface area contributed by atoms with E-state index in [0.717, 1.165) is 66.8 Å². The highest BCUT2D eigenvalue weighted by Gasteiger charge is 2.48. The number of carbonyl (C=O) groups is 2. The number of H-pyrrole nitrogens is 1. The van der Waals surface area contributed by atoms with Crippen LogP contribution in [0.15, 0.2) is 138 Å². The molecular formula is C51H55N4O8+. The van der Waals surface area contributed by atoms with Gasteiger partial charge in [0.15, 0.2) is 6.10 Å². The standard InChI is InChI=1S/C51H54N4O8/c56-44-21-19-42(43-20-22-48(59)53-50(43)44)45(57)31-52-25-7-8-28-61-40-17-9-11-35(29-40)34-62-41-18-10-16-39(30-41)49(38-14-5-2-6-15-38)54-51(60)63-47-33-55(26-23-37(47)24-27-55)32-46(58)36-12-3-1-4-13-36/h1-6,9-22,29-30,37,45,47,49,52,57H,7-8,23-28,31-34H2,(H2-,53,54,56,59,60)/p+1/t37?,45-,47-,49?,55?/m0/s1. The molecule has 0 saturated carbocycles. The van der Waals surface area contributed by atoms with Crippen LogP contribution in [0.3, 0.4) is 0 Å². The summed E-state index contributed by atoms with van der Waals surface area (Å²) in [5.74, 6) is 1.78. The third-order valence-corrected chi connectivity index (χ3v) is 12.4. The molecule has 4 heterocycles. The normalized spacial score (nSPS) is 18.9. The second-order valence-corrected chi connectivity index (χ2v) is 16.8. The fourth-order valence-corrected chi connectivity index (χ4v) is 9.01. The Kier molecular flexibility index (Phi) is 13.8. The number of aromatic nitrogens is 1. The van der Waals surface area contributed by atoms with Gasteiger partial charge in [-0.3, -0.25) is 9.59 Å². The van der Waals surface area contributed by atoms with Gasteiger partial charge in [-0.25, -0.2) is 4.79 Å². The Morgan fingerprint density at radius 3 is 2.32 bits per heavy atom. The molecule has 3 saturated heterocycles. The van der Waals surface area contributed by atoms with E-state index in [-0.39, 0.29) is 29.1 Å². The van der Waals surface area contributed by atoms with E-state index in [0.29, 0.717) is 66.1 Å². The molecule has 0 aliphatic carbocycles. The van der Waals surface area contributed by atoms with Gasteiger partial charge in [0, 0.05) is 42.3 Å². The first kappa shape index (κ1) is 43.2. The Morgan fingerprint density at radius 2 is 1.52 bits per heavy atom. The number of nitrogens with zero attached hydrogens (tertiary/aromatic N) is 1. The van der Waals surface area contributed by atoms with E-state index in [1.165, 1.54) is 12.1 Å². The van der Waals surface area contributed by atoms with Crippen LogP contribution < -0.4 is 25.7 Å². The number of ether oxygens (including phenoxy) is 3. The van der Waals surface area contributed by atoms with Crippen LogP contribution in [-0.4, -0.2) is 83.5 Å². The van der Waals surface area contributed by atoms with E-state index in [9.17, 15) is 24.6 Å². The topological polar surface area (TPSA) is 159 Å². The molecule has 6 aromatic rings. The lowest BCUT2D eigenvalue weighted by Gasteiger charge is -2.51. The van der Waals surface area contributed by atoms with Crippen LogP contribution in [0.2, 0.25) is 0 Å². The Hall–Kier alpha value is -6.47. The van der Waals surface area contributed by atoms with Gasteiger partial charge in [0.05, 0.1) is 37.4 Å². The van der Waals surface area contributed by atoms with Crippen molar-refractivity contribution in [3.8, 4) is 17.2 Å². The summed E-state index contributed by atoms with van der Waals surface area (Å²) >= 11 is 0. The van der Waals surface area contributed by atoms with Crippen LogP contribution in [0, 0.1) is 5.92 Å². The minimum Gasteiger partial charge on any atom is -0.506 e. The minimum absolute atomic E-state index is 0.0382. The molecule has 5 N–H and O–H groups in total. The summed E-state index contributed by atoms with van der Waals surface area (Å²) in [5, 5.41) is 28.0. The molecule has 0 spiro atoms. The number of aliphatic hydroxyl groups is 1. The van der Waals surface area contributed by atoms with Gasteiger partial charge in [-0.05, 0) is 78.0 Å². The smallest absolute Gasteiger partial charge is 0.408 e. The summed E-state index contributed by atoms with van der Waals surface area (Å²) in [6.45, 7) is 4.74. The number of fused-ring (bicyclic) bond motifs is 4. The van der Waals surface area contributed by atoms with Crippen molar-refractivity contribution in [3.05, 3.63) is 172 Å². The third-order valence-electron chi connectivity index (χ3n) is 12.4. The number of piperidine rings is 3. The highest BCUT2D eigenvalue weighted by atomic mass is 16.6. The maximum Gasteiger partial charge on any atom is 0.408 e. The molecule has 2 bridgehead atoms. The molecule has 63 heavy (non-hydrogen) atoms. The molecule has 3 atom stereocenters. The van der Waals surface area contributed by atoms with E-state index in [1.54, 1.807) is 12.1 Å². The van der Waals surface area contributed by atoms with E-state index in [2.05, 4.69) is 15.6 Å². The zero-order valence-electron chi connectivity index (χ0n) is 35.3. The first-order valence-corrected chi connectivity index (χ1v) is 21.9. The van der Waals surface area contributed by atoms with Crippen LogP contribution >= 0.6 is 0 Å². The molecule has 3 aliphatic rings. The Labute approximate surface area is 367 Å². The zero-order valence-corrected chi connectivity index (χ0v) is 35.3. The maximum absolute atomic E-state index is 13.7. The van der Waals surface area contributed by atoms with Crippen molar-refractivity contribution in [2.24, 2.45) is 5.92 Å². The number of alkyl carbamates (subject to hydrolysis) is 1. The molecule has 3 aliphatic heterocycles. The van der Waals surface area contributed by atoms with Crippen molar-refractivity contribution in [1.29, 1.82) is 0 Å². The van der Waals surface area contributed by atoms with Gasteiger partial charge in [-0.15, -0.1) is 0 Å². The first-order chi connectivity index (χ1) is 30.7. The predicted octanol–water partition coefficient (Wildman–Crippen LogP) is 7.60. The number of rotatable bonds is 19. The molecule has 1 aromatic heterocycles. The van der Waals surface area contributed by atoms with E-state index < -0.39 is 18.2 Å². The van der Waals surface area contributed by atoms with Gasteiger partial charge in [0.1, 0.15) is 36.9 Å². The van der Waals surface area contributed by atoms with Gasteiger partial charge in [0.2, 0.25) is 11.3 Å². The van der Waals surface area contributed by atoms with Crippen molar-refractivity contribution in [1.82, 2.24) is 15.6 Å². The van der Waals surface area contributed by atoms with Crippen molar-refractivity contribution in [2.75, 3.05) is 45.9 Å². The number of quaternary nitrogens is 1. The van der Waals surface area contributed by atoms with E-state index in [1.807, 2.05) is 109 Å². The van der Waals surface area contributed by atoms with Crippen LogP contribution in [0.4, 0.5) is 4.79 Å². The van der Waals surface area contributed by atoms with Crippen molar-refractivity contribution in [3.63, 3.8) is 0 Å². The molecule has 1 unspecified atom stereocenters. The number of ketones is 1. The average molecular weight is 852 g/mol. The van der Waals surface area contributed by atoms with Gasteiger partial charge in [-0.1, -0.05) is 91.0 Å². The van der Waals surface area contributed by atoms with E-state index >= 15 is 0 Å². The van der Waals surface area contributed by atoms with Crippen LogP contribution in [-0.2, 0) is 11.3 Å². The molecule has 0 radical (unpaired) electrons. The number of carbonyl (C=O) groups excluding carboxylic acids is 2. The molecular weight excluding hydrogens is 797 g/mol. The lowest BCUT2D eigenvalue weighted by molar-refractivity contribution is -0.938. The van der Waals surface area contributed by atoms with Gasteiger partial charge >= 0.3 is 6.09 Å². The van der Waals surface area contributed by atoms with Crippen LogP contribution in [0.25, 0.3) is 10.9 Å². The second kappa shape index (κ2) is 20.1. The number of benzene rings is 5. The number of Topliss-reactive ketones (excluding diaryl/α,β-unsaturated/α-hetero) is 1. The highest BCUT2D eigenvalue weighted by molar-refractivity contribution is 5.97. The lowest BCUT2D eigenvalue weighted by Crippen LogP contribution is -2.66. The molecule has 5 aromatic carbocycles. The highest BCUT2D eigenvalue weighted by Crippen LogP contribution is 2.36. The summed E-state index contributed by atoms with van der Waals surface area (Å²) in [7, 11) is 0. The van der Waals surface area contributed by atoms with E-state index in [4.69, 9.17) is 14.2 Å². The molecule has 3 fully saturated rings. The van der Waals surface area contributed by atoms with Crippen molar-refractivity contribution >= 4 is 22.8 Å². The van der Waals surface area contributed by atoms with Gasteiger partial charge in [0.25, 0.3) is 0 Å². The first-order valence-electron chi connectivity index (χ1n) is 21.9. The number of aromatic hydroxyl groups is 1. The number of amides is 1. The minimum atomic E-state index is -0.811. The monoisotopic (exact) mass is 851 g/mol. The van der Waals surface area contributed by atoms with Crippen molar-refractivity contribution in [2.45, 2.75) is 50.5 Å². The molecule has 12 nitrogen and oxygen atoms in total. The predicted molar refractivity (Wildman–Crippen MR) is 241 cm³/mol. The van der Waals surface area contributed by atoms with Crippen LogP contribution in [0.5, 0.6) is 17.2 Å². The second-order valence-electron chi connectivity index (χ2n) is 16.8. The molecule has 1 amide bonds. The van der Waals surface area contributed by atoms with Gasteiger partial charge < -0.3 is 44.5 Å². The Bertz CT molecular complexity index is 2540. The molecule has 12 heteroatoms. The lowest BCUT2D eigenvalue weighted by atomic mass is 9.83. The number of phenolic OH excluding ortho intramolecular Hbond substituents is 1. The summed E-state index contributed by atoms with van der Waals surface area (Å²) < 4.78 is 19.2. The number of aliphatic hydroxyl groups excluding tert-OH is 1. The Morgan fingerprint density at radius 1 is 0.794 bits per heavy atom. The quantitative estimate of drug-likeness (QED) is 0.0314. The summed E-state index contributed by atoms with van der Waals surface area (Å²) in [5.41, 5.74) is 4.06. The fourth-order valence-electron chi connectivity index (χ4n) is 9.01. The number of phenols is 1. The largest absolute Gasteiger partial charge is 0.506 e. The van der Waals surface area contributed by atoms with Crippen molar-refractivity contribution < 1.29 is 38.5 Å². The SMILES string of the molecule is O=C(NC(c1ccccc1)c1cccc(OCc2cccc(OCCCCNC[C@H](O)c3ccc(O)c4[nH]c(=O)ccc34)c2)c1)O[C@H]1C[N+]2(CC(=O)c3ccccc3)CCC1CC2. The number of unbranched alkanes of at least 4 members (excludes halogenated alkanes) is 1. The van der Waals surface area contributed by atoms with Crippen LogP contribution in [0.1, 0.15) is 70.4 Å². The Balaban J connectivity index is 0.810. The summed E-state index contributed by atoms with van der Waals surface area (Å²) in [4.78, 5) is 41.3. The number of hydrogen-bond acceptors (Lipinski definition) is 9. The number of aromatic amines is 1. The maximum atomic E-state index is 13.7. The third kappa shape index (κ3) is 11.0. The molecule has 326 valence electrons. The van der Waals surface area contributed by atoms with Gasteiger partial charge in [-0.2, -0.15) is 0 Å². The average Bonchev–Trinajstić information content (AvgIpc) is 3.31.